The summed E-state index contributed by atoms with van der Waals surface area (Å²) in [6.45, 7) is 5.28. The standard InChI is InChI=1S/C10H19F2NO3/c1-10(2,3)16-9(14)6-13-4-5-15-7-8(11)12/h8,13H,4-7H2,1-3H3. The summed E-state index contributed by atoms with van der Waals surface area (Å²) in [5.41, 5.74) is -0.509. The molecule has 0 aliphatic rings. The van der Waals surface area contributed by atoms with Crippen molar-refractivity contribution in [3.8, 4) is 0 Å². The molecule has 6 heteroatoms. The Labute approximate surface area is 94.3 Å². The molecule has 0 saturated heterocycles. The fourth-order valence-electron chi connectivity index (χ4n) is 0.885. The van der Waals surface area contributed by atoms with E-state index in [4.69, 9.17) is 4.74 Å². The van der Waals surface area contributed by atoms with Crippen molar-refractivity contribution < 1.29 is 23.0 Å². The highest BCUT2D eigenvalue weighted by molar-refractivity contribution is 5.72. The number of carbonyl (C=O) groups is 1. The van der Waals surface area contributed by atoms with Crippen LogP contribution in [0.2, 0.25) is 0 Å². The first kappa shape index (κ1) is 15.2. The summed E-state index contributed by atoms with van der Waals surface area (Å²) >= 11 is 0. The Bertz CT molecular complexity index is 205. The normalized spacial score (nSPS) is 11.9. The van der Waals surface area contributed by atoms with Crippen LogP contribution in [-0.2, 0) is 14.3 Å². The van der Waals surface area contributed by atoms with Gasteiger partial charge in [-0.1, -0.05) is 0 Å². The van der Waals surface area contributed by atoms with Gasteiger partial charge < -0.3 is 14.8 Å². The Balaban J connectivity index is 3.35. The third-order valence-corrected chi connectivity index (χ3v) is 1.36. The predicted octanol–water partition coefficient (Wildman–Crippen LogP) is 1.20. The Morgan fingerprint density at radius 1 is 1.38 bits per heavy atom. The molecule has 0 aromatic carbocycles. The number of carbonyl (C=O) groups excluding carboxylic acids is 1. The third kappa shape index (κ3) is 11.3. The van der Waals surface area contributed by atoms with Crippen molar-refractivity contribution in [2.24, 2.45) is 0 Å². The molecular formula is C10H19F2NO3. The number of hydrogen-bond acceptors (Lipinski definition) is 4. The molecule has 0 bridgehead atoms. The van der Waals surface area contributed by atoms with Gasteiger partial charge in [-0.2, -0.15) is 0 Å². The van der Waals surface area contributed by atoms with Gasteiger partial charge in [0, 0.05) is 6.54 Å². The largest absolute Gasteiger partial charge is 0.459 e. The van der Waals surface area contributed by atoms with E-state index in [0.717, 1.165) is 0 Å². The summed E-state index contributed by atoms with van der Waals surface area (Å²) in [4.78, 5) is 11.2. The first-order chi connectivity index (χ1) is 7.31. The fourth-order valence-corrected chi connectivity index (χ4v) is 0.885. The van der Waals surface area contributed by atoms with Gasteiger partial charge in [0.25, 0.3) is 6.43 Å². The minimum atomic E-state index is -2.45. The monoisotopic (exact) mass is 239 g/mol. The molecular weight excluding hydrogens is 220 g/mol. The average molecular weight is 239 g/mol. The lowest BCUT2D eigenvalue weighted by Crippen LogP contribution is -2.33. The Morgan fingerprint density at radius 2 is 2.00 bits per heavy atom. The van der Waals surface area contributed by atoms with E-state index in [1.54, 1.807) is 20.8 Å². The third-order valence-electron chi connectivity index (χ3n) is 1.36. The summed E-state index contributed by atoms with van der Waals surface area (Å²) < 4.78 is 32.9. The van der Waals surface area contributed by atoms with E-state index in [0.29, 0.717) is 6.54 Å². The van der Waals surface area contributed by atoms with Crippen LogP contribution in [0.1, 0.15) is 20.8 Å². The number of esters is 1. The molecule has 4 nitrogen and oxygen atoms in total. The fraction of sp³-hybridized carbons (Fsp3) is 0.900. The molecule has 0 aliphatic carbocycles. The summed E-state index contributed by atoms with van der Waals surface area (Å²) in [6.07, 6.45) is -2.45. The highest BCUT2D eigenvalue weighted by Crippen LogP contribution is 2.05. The molecule has 0 unspecified atom stereocenters. The van der Waals surface area contributed by atoms with Crippen molar-refractivity contribution in [2.45, 2.75) is 32.8 Å². The smallest absolute Gasteiger partial charge is 0.320 e. The molecule has 0 aromatic heterocycles. The molecule has 0 atom stereocenters. The van der Waals surface area contributed by atoms with Crippen LogP contribution < -0.4 is 5.32 Å². The molecule has 0 fully saturated rings. The van der Waals surface area contributed by atoms with Gasteiger partial charge in [-0.15, -0.1) is 0 Å². The van der Waals surface area contributed by atoms with E-state index in [1.165, 1.54) is 0 Å². The molecule has 16 heavy (non-hydrogen) atoms. The van der Waals surface area contributed by atoms with E-state index in [1.807, 2.05) is 0 Å². The minimum absolute atomic E-state index is 0.0509. The van der Waals surface area contributed by atoms with Gasteiger partial charge in [0.05, 0.1) is 13.2 Å². The number of alkyl halides is 2. The molecule has 0 radical (unpaired) electrons. The van der Waals surface area contributed by atoms with Crippen LogP contribution in [-0.4, -0.2) is 44.3 Å². The molecule has 1 N–H and O–H groups in total. The van der Waals surface area contributed by atoms with E-state index in [2.05, 4.69) is 10.1 Å². The van der Waals surface area contributed by atoms with Gasteiger partial charge in [0.1, 0.15) is 12.2 Å². The zero-order chi connectivity index (χ0) is 12.6. The van der Waals surface area contributed by atoms with E-state index in [-0.39, 0.29) is 19.1 Å². The topological polar surface area (TPSA) is 47.6 Å². The molecule has 0 aromatic rings. The van der Waals surface area contributed by atoms with Gasteiger partial charge >= 0.3 is 5.97 Å². The maximum Gasteiger partial charge on any atom is 0.320 e. The second-order valence-electron chi connectivity index (χ2n) is 4.23. The van der Waals surface area contributed by atoms with Crippen LogP contribution in [0.5, 0.6) is 0 Å². The lowest BCUT2D eigenvalue weighted by molar-refractivity contribution is -0.153. The number of hydrogen-bond donors (Lipinski definition) is 1. The first-order valence-corrected chi connectivity index (χ1v) is 5.10. The van der Waals surface area contributed by atoms with Crippen LogP contribution in [0.3, 0.4) is 0 Å². The maximum atomic E-state index is 11.6. The zero-order valence-electron chi connectivity index (χ0n) is 9.89. The summed E-state index contributed by atoms with van der Waals surface area (Å²) in [6, 6.07) is 0. The van der Waals surface area contributed by atoms with Gasteiger partial charge in [0.15, 0.2) is 0 Å². The number of halogens is 2. The highest BCUT2D eigenvalue weighted by atomic mass is 19.3. The van der Waals surface area contributed by atoms with Gasteiger partial charge in [-0.25, -0.2) is 8.78 Å². The van der Waals surface area contributed by atoms with E-state index in [9.17, 15) is 13.6 Å². The van der Waals surface area contributed by atoms with Crippen molar-refractivity contribution in [1.82, 2.24) is 5.32 Å². The molecule has 0 aliphatic heterocycles. The Morgan fingerprint density at radius 3 is 2.50 bits per heavy atom. The average Bonchev–Trinajstić information content (AvgIpc) is 2.07. The van der Waals surface area contributed by atoms with Crippen LogP contribution in [0.15, 0.2) is 0 Å². The molecule has 0 spiro atoms. The van der Waals surface area contributed by atoms with Crippen molar-refractivity contribution in [3.05, 3.63) is 0 Å². The molecule has 0 saturated carbocycles. The van der Waals surface area contributed by atoms with Crippen LogP contribution in [0.25, 0.3) is 0 Å². The summed E-state index contributed by atoms with van der Waals surface area (Å²) in [7, 11) is 0. The van der Waals surface area contributed by atoms with Crippen LogP contribution in [0, 0.1) is 0 Å². The Hall–Kier alpha value is -0.750. The molecule has 0 amide bonds. The molecule has 0 heterocycles. The molecule has 0 rings (SSSR count). The van der Waals surface area contributed by atoms with Crippen molar-refractivity contribution in [1.29, 1.82) is 0 Å². The van der Waals surface area contributed by atoms with Crippen molar-refractivity contribution in [3.63, 3.8) is 0 Å². The highest BCUT2D eigenvalue weighted by Gasteiger charge is 2.15. The number of rotatable bonds is 7. The lowest BCUT2D eigenvalue weighted by Gasteiger charge is -2.19. The van der Waals surface area contributed by atoms with Crippen molar-refractivity contribution >= 4 is 5.97 Å². The van der Waals surface area contributed by atoms with Gasteiger partial charge in [-0.3, -0.25) is 4.79 Å². The van der Waals surface area contributed by atoms with E-state index >= 15 is 0 Å². The summed E-state index contributed by atoms with van der Waals surface area (Å²) in [5, 5.41) is 2.74. The second kappa shape index (κ2) is 7.51. The summed E-state index contributed by atoms with van der Waals surface area (Å²) in [5.74, 6) is -0.374. The molecule has 96 valence electrons. The SMILES string of the molecule is CC(C)(C)OC(=O)CNCCOCC(F)F. The zero-order valence-corrected chi connectivity index (χ0v) is 9.89. The lowest BCUT2D eigenvalue weighted by atomic mass is 10.2. The maximum absolute atomic E-state index is 11.6. The number of ether oxygens (including phenoxy) is 2. The predicted molar refractivity (Wildman–Crippen MR) is 55.5 cm³/mol. The van der Waals surface area contributed by atoms with Gasteiger partial charge in [0.2, 0.25) is 0 Å². The van der Waals surface area contributed by atoms with Gasteiger partial charge in [-0.05, 0) is 20.8 Å². The van der Waals surface area contributed by atoms with E-state index < -0.39 is 18.6 Å². The Kier molecular flexibility index (Phi) is 7.16. The minimum Gasteiger partial charge on any atom is -0.459 e. The number of nitrogens with one attached hydrogen (secondary N) is 1. The first-order valence-electron chi connectivity index (χ1n) is 5.10. The van der Waals surface area contributed by atoms with Crippen LogP contribution >= 0.6 is 0 Å². The van der Waals surface area contributed by atoms with Crippen molar-refractivity contribution in [2.75, 3.05) is 26.3 Å². The quantitative estimate of drug-likeness (QED) is 0.535. The van der Waals surface area contributed by atoms with Crippen LogP contribution in [0.4, 0.5) is 8.78 Å². The second-order valence-corrected chi connectivity index (χ2v) is 4.23.